The molecule has 10 nitrogen and oxygen atoms in total. The van der Waals surface area contributed by atoms with E-state index in [0.29, 0.717) is 90.8 Å². The van der Waals surface area contributed by atoms with Crippen LogP contribution in [0, 0.1) is 5.92 Å². The van der Waals surface area contributed by atoms with Gasteiger partial charge >= 0.3 is 5.97 Å². The topological polar surface area (TPSA) is 108 Å². The molecule has 0 radical (unpaired) electrons. The molecule has 0 aromatic heterocycles. The van der Waals surface area contributed by atoms with Gasteiger partial charge in [0.15, 0.2) is 0 Å². The van der Waals surface area contributed by atoms with Gasteiger partial charge in [0.2, 0.25) is 0 Å². The lowest BCUT2D eigenvalue weighted by molar-refractivity contribution is -0.139. The SMILES string of the molecule is CCC(C)COCCOCCOCCOCCOCCOCCOCCOC(=O)C(=O)c1ccccc1. The molecule has 0 amide bonds. The second kappa shape index (κ2) is 24.4. The third kappa shape index (κ3) is 19.8. The van der Waals surface area contributed by atoms with E-state index in [-0.39, 0.29) is 13.2 Å². The van der Waals surface area contributed by atoms with E-state index in [9.17, 15) is 9.59 Å². The minimum atomic E-state index is -0.890. The Labute approximate surface area is 220 Å². The Kier molecular flexibility index (Phi) is 21.9. The summed E-state index contributed by atoms with van der Waals surface area (Å²) in [6.45, 7) is 11.2. The second-order valence-electron chi connectivity index (χ2n) is 8.09. The van der Waals surface area contributed by atoms with Crippen molar-refractivity contribution in [3.63, 3.8) is 0 Å². The highest BCUT2D eigenvalue weighted by Crippen LogP contribution is 2.01. The minimum absolute atomic E-state index is 0.00734. The van der Waals surface area contributed by atoms with E-state index in [1.54, 1.807) is 30.3 Å². The van der Waals surface area contributed by atoms with Crippen LogP contribution in [0.15, 0.2) is 30.3 Å². The Morgan fingerprint density at radius 3 is 1.38 bits per heavy atom. The molecule has 0 aliphatic heterocycles. The summed E-state index contributed by atoms with van der Waals surface area (Å²) in [5.74, 6) is -0.970. The largest absolute Gasteiger partial charge is 0.457 e. The van der Waals surface area contributed by atoms with E-state index in [1.165, 1.54) is 0 Å². The van der Waals surface area contributed by atoms with Crippen LogP contribution in [0.1, 0.15) is 30.6 Å². The quantitative estimate of drug-likeness (QED) is 0.0770. The summed E-state index contributed by atoms with van der Waals surface area (Å²) in [7, 11) is 0. The van der Waals surface area contributed by atoms with Crippen LogP contribution < -0.4 is 0 Å². The first-order valence-corrected chi connectivity index (χ1v) is 13.0. The van der Waals surface area contributed by atoms with Crippen molar-refractivity contribution in [2.45, 2.75) is 20.3 Å². The van der Waals surface area contributed by atoms with Crippen LogP contribution in [0.2, 0.25) is 0 Å². The van der Waals surface area contributed by atoms with Gasteiger partial charge in [-0.1, -0.05) is 50.6 Å². The van der Waals surface area contributed by atoms with Crippen molar-refractivity contribution >= 4 is 11.8 Å². The molecular formula is C27H44O10. The Morgan fingerprint density at radius 1 is 0.595 bits per heavy atom. The van der Waals surface area contributed by atoms with Gasteiger partial charge in [-0.25, -0.2) is 4.79 Å². The Hall–Kier alpha value is -1.92. The first-order valence-electron chi connectivity index (χ1n) is 13.0. The zero-order valence-electron chi connectivity index (χ0n) is 22.4. The van der Waals surface area contributed by atoms with E-state index >= 15 is 0 Å². The number of rotatable bonds is 26. The number of carbonyl (C=O) groups excluding carboxylic acids is 2. The molecular weight excluding hydrogens is 484 g/mol. The maximum absolute atomic E-state index is 11.8. The fourth-order valence-electron chi connectivity index (χ4n) is 2.69. The lowest BCUT2D eigenvalue weighted by atomic mass is 10.1. The highest BCUT2D eigenvalue weighted by atomic mass is 16.6. The molecule has 1 unspecified atom stereocenters. The van der Waals surface area contributed by atoms with Crippen LogP contribution in [0.3, 0.4) is 0 Å². The average Bonchev–Trinajstić information content (AvgIpc) is 2.93. The molecule has 10 heteroatoms. The molecule has 0 aliphatic carbocycles. The Bertz CT molecular complexity index is 670. The standard InChI is InChI=1S/C27H44O10/c1-3-24(2)23-36-20-19-34-16-15-32-12-11-30-9-10-31-13-14-33-17-18-35-21-22-37-27(29)26(28)25-7-5-4-6-8-25/h4-8,24H,3,9-23H2,1-2H3. The van der Waals surface area contributed by atoms with E-state index in [4.69, 9.17) is 37.9 Å². The van der Waals surface area contributed by atoms with Crippen molar-refractivity contribution in [3.05, 3.63) is 35.9 Å². The summed E-state index contributed by atoms with van der Waals surface area (Å²) < 4.78 is 42.9. The minimum Gasteiger partial charge on any atom is -0.457 e. The Balaban J connectivity index is 1.73. The zero-order chi connectivity index (χ0) is 26.8. The van der Waals surface area contributed by atoms with Gasteiger partial charge in [-0.05, 0) is 5.92 Å². The number of ketones is 1. The predicted molar refractivity (Wildman–Crippen MR) is 137 cm³/mol. The van der Waals surface area contributed by atoms with Gasteiger partial charge in [0, 0.05) is 12.2 Å². The Morgan fingerprint density at radius 2 is 0.973 bits per heavy atom. The molecule has 0 aliphatic rings. The molecule has 212 valence electrons. The van der Waals surface area contributed by atoms with Crippen LogP contribution in [-0.2, 0) is 42.7 Å². The number of carbonyl (C=O) groups is 2. The van der Waals surface area contributed by atoms with Crippen LogP contribution >= 0.6 is 0 Å². The van der Waals surface area contributed by atoms with Crippen molar-refractivity contribution in [3.8, 4) is 0 Å². The van der Waals surface area contributed by atoms with Gasteiger partial charge in [0.25, 0.3) is 5.78 Å². The van der Waals surface area contributed by atoms with Crippen LogP contribution in [0.5, 0.6) is 0 Å². The molecule has 1 rings (SSSR count). The second-order valence-corrected chi connectivity index (χ2v) is 8.09. The van der Waals surface area contributed by atoms with E-state index in [2.05, 4.69) is 13.8 Å². The molecule has 1 aromatic carbocycles. The summed E-state index contributed by atoms with van der Waals surface area (Å²) in [4.78, 5) is 23.5. The number of hydrogen-bond acceptors (Lipinski definition) is 10. The average molecular weight is 529 g/mol. The van der Waals surface area contributed by atoms with Gasteiger partial charge in [0.1, 0.15) is 6.61 Å². The lowest BCUT2D eigenvalue weighted by Gasteiger charge is -2.10. The van der Waals surface area contributed by atoms with Crippen molar-refractivity contribution in [1.82, 2.24) is 0 Å². The number of esters is 1. The molecule has 0 saturated heterocycles. The first kappa shape index (κ1) is 33.1. The van der Waals surface area contributed by atoms with Crippen molar-refractivity contribution in [1.29, 1.82) is 0 Å². The van der Waals surface area contributed by atoms with Gasteiger partial charge < -0.3 is 37.9 Å². The highest BCUT2D eigenvalue weighted by Gasteiger charge is 2.17. The predicted octanol–water partition coefficient (Wildman–Crippen LogP) is 2.57. The van der Waals surface area contributed by atoms with Gasteiger partial charge in [0.05, 0.1) is 85.9 Å². The molecule has 1 atom stereocenters. The summed E-state index contributed by atoms with van der Waals surface area (Å²) in [6.07, 6.45) is 1.12. The van der Waals surface area contributed by atoms with Gasteiger partial charge in [-0.2, -0.15) is 0 Å². The van der Waals surface area contributed by atoms with Crippen LogP contribution in [-0.4, -0.2) is 111 Å². The maximum Gasteiger partial charge on any atom is 0.379 e. The van der Waals surface area contributed by atoms with Crippen LogP contribution in [0.4, 0.5) is 0 Å². The molecule has 0 N–H and O–H groups in total. The third-order valence-corrected chi connectivity index (χ3v) is 5.01. The lowest BCUT2D eigenvalue weighted by Crippen LogP contribution is -2.20. The van der Waals surface area contributed by atoms with E-state index < -0.39 is 11.8 Å². The number of ether oxygens (including phenoxy) is 8. The fraction of sp³-hybridized carbons (Fsp3) is 0.704. The molecule has 0 heterocycles. The van der Waals surface area contributed by atoms with Crippen molar-refractivity contribution < 1.29 is 47.5 Å². The monoisotopic (exact) mass is 528 g/mol. The number of hydrogen-bond donors (Lipinski definition) is 0. The summed E-state index contributed by atoms with van der Waals surface area (Å²) in [6, 6.07) is 8.27. The van der Waals surface area contributed by atoms with E-state index in [0.717, 1.165) is 13.0 Å². The van der Waals surface area contributed by atoms with Gasteiger partial charge in [-0.3, -0.25) is 4.79 Å². The maximum atomic E-state index is 11.8. The molecule has 0 spiro atoms. The fourth-order valence-corrected chi connectivity index (χ4v) is 2.69. The molecule has 37 heavy (non-hydrogen) atoms. The first-order chi connectivity index (χ1) is 18.1. The summed E-state index contributed by atoms with van der Waals surface area (Å²) in [5.41, 5.74) is 0.302. The molecule has 1 aromatic rings. The normalized spacial score (nSPS) is 11.9. The van der Waals surface area contributed by atoms with Gasteiger partial charge in [-0.15, -0.1) is 0 Å². The summed E-state index contributed by atoms with van der Waals surface area (Å²) >= 11 is 0. The highest BCUT2D eigenvalue weighted by molar-refractivity contribution is 6.40. The van der Waals surface area contributed by atoms with E-state index in [1.807, 2.05) is 0 Å². The third-order valence-electron chi connectivity index (χ3n) is 5.01. The number of Topliss-reactive ketones (excluding diaryl/α,β-unsaturated/α-hetero) is 1. The smallest absolute Gasteiger partial charge is 0.379 e. The van der Waals surface area contributed by atoms with Crippen molar-refractivity contribution in [2.75, 3.05) is 99.1 Å². The van der Waals surface area contributed by atoms with Crippen molar-refractivity contribution in [2.24, 2.45) is 5.92 Å². The molecule has 0 bridgehead atoms. The molecule has 0 saturated carbocycles. The van der Waals surface area contributed by atoms with Crippen LogP contribution in [0.25, 0.3) is 0 Å². The molecule has 0 fully saturated rings. The summed E-state index contributed by atoms with van der Waals surface area (Å²) in [5, 5.41) is 0. The number of benzene rings is 1. The zero-order valence-corrected chi connectivity index (χ0v) is 22.4.